The van der Waals surface area contributed by atoms with Gasteiger partial charge in [-0.05, 0) is 109 Å². The number of halogens is 4. The van der Waals surface area contributed by atoms with Gasteiger partial charge in [-0.3, -0.25) is 4.79 Å². The summed E-state index contributed by atoms with van der Waals surface area (Å²) in [5, 5.41) is 10.2. The number of carbonyl (C=O) groups is 1. The number of carbonyl (C=O) groups excluding carboxylic acids is 1. The van der Waals surface area contributed by atoms with E-state index >= 15 is 0 Å². The highest BCUT2D eigenvalue weighted by Crippen LogP contribution is 2.42. The first kappa shape index (κ1) is 43.1. The number of hydrogen-bond donors (Lipinski definition) is 4. The number of amides is 1. The molecule has 0 aromatic heterocycles. The first-order valence-corrected chi connectivity index (χ1v) is 22.2. The molecular formula is C40H44ClF3N4O5S3. The summed E-state index contributed by atoms with van der Waals surface area (Å²) in [5.74, 6) is -0.687. The van der Waals surface area contributed by atoms with Gasteiger partial charge in [-0.2, -0.15) is 13.2 Å². The molecule has 0 spiro atoms. The molecule has 1 aliphatic rings. The lowest BCUT2D eigenvalue weighted by Crippen LogP contribution is -2.31. The molecule has 1 atom stereocenters. The maximum Gasteiger partial charge on any atom is 0.501 e. The van der Waals surface area contributed by atoms with Crippen LogP contribution in [0, 0.1) is 5.41 Å². The minimum Gasteiger partial charge on any atom is -0.384 e. The Balaban J connectivity index is 1.19. The highest BCUT2D eigenvalue weighted by molar-refractivity contribution is 7.99. The SMILES string of the molecule is CC(CSc1ccccc1)Nc1ccc(S(=O)(=O)NC(=O)c2ccc(NCCNCC3=C(c4ccc(Cl)cc4)CCC(C)(C)C3)cc2)cc1S(=O)(=O)C(F)(F)F. The van der Waals surface area contributed by atoms with Gasteiger partial charge < -0.3 is 16.0 Å². The molecule has 0 bridgehead atoms. The maximum atomic E-state index is 13.7. The van der Waals surface area contributed by atoms with Gasteiger partial charge in [-0.25, -0.2) is 21.6 Å². The van der Waals surface area contributed by atoms with Crippen molar-refractivity contribution in [3.8, 4) is 0 Å². The largest absolute Gasteiger partial charge is 0.501 e. The molecule has 4 aromatic carbocycles. The van der Waals surface area contributed by atoms with Crippen LogP contribution in [0.2, 0.25) is 5.02 Å². The van der Waals surface area contributed by atoms with E-state index in [2.05, 4.69) is 41.9 Å². The van der Waals surface area contributed by atoms with Crippen LogP contribution in [0.5, 0.6) is 0 Å². The first-order chi connectivity index (χ1) is 26.3. The molecule has 0 fully saturated rings. The Bertz CT molecular complexity index is 2250. The minimum atomic E-state index is -5.99. The zero-order valence-electron chi connectivity index (χ0n) is 31.0. The minimum absolute atomic E-state index is 0.0370. The van der Waals surface area contributed by atoms with Crippen LogP contribution < -0.4 is 20.7 Å². The van der Waals surface area contributed by atoms with Crippen LogP contribution >= 0.6 is 23.4 Å². The number of nitrogens with one attached hydrogen (secondary N) is 4. The molecule has 300 valence electrons. The van der Waals surface area contributed by atoms with Gasteiger partial charge in [0.2, 0.25) is 0 Å². The van der Waals surface area contributed by atoms with Gasteiger partial charge in [0.05, 0.1) is 10.6 Å². The highest BCUT2D eigenvalue weighted by Gasteiger charge is 2.48. The van der Waals surface area contributed by atoms with Gasteiger partial charge in [0.25, 0.3) is 25.8 Å². The van der Waals surface area contributed by atoms with Gasteiger partial charge in [-0.1, -0.05) is 61.4 Å². The van der Waals surface area contributed by atoms with Gasteiger partial charge >= 0.3 is 5.51 Å². The standard InChI is InChI=1S/C40H44ClF3N4O5S3/c1-27(26-54-33-7-5-4-6-8-33)47-36-18-17-34(23-37(36)55(50,51)40(42,43)44)56(52,53)48-38(49)29-11-15-32(16-12-29)46-22-21-45-25-30-24-39(2,3)20-19-35(30)28-9-13-31(41)14-10-28/h4-18,23,27,45-47H,19-22,24-26H2,1-3H3,(H,48,49). The van der Waals surface area contributed by atoms with Crippen LogP contribution in [0.4, 0.5) is 24.5 Å². The molecule has 0 radical (unpaired) electrons. The lowest BCUT2D eigenvalue weighted by molar-refractivity contribution is -0.0435. The van der Waals surface area contributed by atoms with Gasteiger partial charge in [-0.15, -0.1) is 11.8 Å². The Kier molecular flexibility index (Phi) is 13.9. The van der Waals surface area contributed by atoms with E-state index in [0.717, 1.165) is 42.8 Å². The van der Waals surface area contributed by atoms with Crippen LogP contribution in [0.1, 0.15) is 56.0 Å². The summed E-state index contributed by atoms with van der Waals surface area (Å²) in [5.41, 5.74) is -1.41. The van der Waals surface area contributed by atoms with Crippen LogP contribution in [0.25, 0.3) is 5.57 Å². The van der Waals surface area contributed by atoms with E-state index in [9.17, 15) is 34.8 Å². The summed E-state index contributed by atoms with van der Waals surface area (Å²) in [6.45, 7) is 8.14. The van der Waals surface area contributed by atoms with Crippen molar-refractivity contribution in [2.75, 3.05) is 36.0 Å². The quantitative estimate of drug-likeness (QED) is 0.0644. The second-order valence-electron chi connectivity index (χ2n) is 14.3. The Morgan fingerprint density at radius 1 is 0.911 bits per heavy atom. The van der Waals surface area contributed by atoms with Gasteiger partial charge in [0.15, 0.2) is 0 Å². The fraction of sp³-hybridized carbons (Fsp3) is 0.325. The molecule has 9 nitrogen and oxygen atoms in total. The van der Waals surface area contributed by atoms with E-state index in [0.29, 0.717) is 35.6 Å². The van der Waals surface area contributed by atoms with Crippen molar-refractivity contribution in [2.24, 2.45) is 5.41 Å². The fourth-order valence-corrected chi connectivity index (χ4v) is 9.30. The van der Waals surface area contributed by atoms with Crippen molar-refractivity contribution in [3.63, 3.8) is 0 Å². The number of sulfone groups is 1. The molecule has 0 aliphatic heterocycles. The molecule has 1 amide bonds. The summed E-state index contributed by atoms with van der Waals surface area (Å²) in [6, 6.07) is 24.9. The van der Waals surface area contributed by atoms with E-state index in [1.165, 1.54) is 40.6 Å². The third kappa shape index (κ3) is 11.3. The number of hydrogen-bond acceptors (Lipinski definition) is 9. The zero-order chi connectivity index (χ0) is 40.7. The van der Waals surface area contributed by atoms with E-state index in [-0.39, 0.29) is 11.0 Å². The number of alkyl halides is 3. The summed E-state index contributed by atoms with van der Waals surface area (Å²) in [6.07, 6.45) is 3.07. The number of allylic oxidation sites excluding steroid dienone is 1. The normalized spacial score (nSPS) is 15.3. The van der Waals surface area contributed by atoms with Crippen LogP contribution in [-0.2, 0) is 19.9 Å². The summed E-state index contributed by atoms with van der Waals surface area (Å²) >= 11 is 7.51. The second kappa shape index (κ2) is 18.1. The maximum absolute atomic E-state index is 13.7. The van der Waals surface area contributed by atoms with Crippen molar-refractivity contribution < 1.29 is 34.8 Å². The van der Waals surface area contributed by atoms with Gasteiger partial charge in [0.1, 0.15) is 4.90 Å². The molecule has 4 N–H and O–H groups in total. The zero-order valence-corrected chi connectivity index (χ0v) is 34.2. The Morgan fingerprint density at radius 2 is 1.59 bits per heavy atom. The monoisotopic (exact) mass is 848 g/mol. The van der Waals surface area contributed by atoms with E-state index in [1.807, 2.05) is 47.2 Å². The average molecular weight is 849 g/mol. The fourth-order valence-electron chi connectivity index (χ4n) is 6.28. The first-order valence-electron chi connectivity index (χ1n) is 17.8. The lowest BCUT2D eigenvalue weighted by atomic mass is 9.73. The lowest BCUT2D eigenvalue weighted by Gasteiger charge is -2.34. The van der Waals surface area contributed by atoms with E-state index in [4.69, 9.17) is 11.6 Å². The molecule has 16 heteroatoms. The molecule has 56 heavy (non-hydrogen) atoms. The molecule has 0 heterocycles. The average Bonchev–Trinajstić information content (AvgIpc) is 3.14. The van der Waals surface area contributed by atoms with Crippen molar-refractivity contribution in [1.82, 2.24) is 10.0 Å². The topological polar surface area (TPSA) is 133 Å². The number of sulfonamides is 1. The molecule has 1 unspecified atom stereocenters. The predicted molar refractivity (Wildman–Crippen MR) is 218 cm³/mol. The summed E-state index contributed by atoms with van der Waals surface area (Å²) in [7, 11) is -10.8. The Morgan fingerprint density at radius 3 is 2.25 bits per heavy atom. The number of benzene rings is 4. The number of thioether (sulfide) groups is 1. The summed E-state index contributed by atoms with van der Waals surface area (Å²) in [4.78, 5) is 11.8. The third-order valence-corrected chi connectivity index (χ3v) is 13.6. The Hall–Kier alpha value is -4.02. The molecule has 0 saturated heterocycles. The summed E-state index contributed by atoms with van der Waals surface area (Å²) < 4.78 is 94.7. The number of anilines is 2. The van der Waals surface area contributed by atoms with Crippen molar-refractivity contribution in [2.45, 2.75) is 66.3 Å². The van der Waals surface area contributed by atoms with E-state index < -0.39 is 52.8 Å². The van der Waals surface area contributed by atoms with Crippen LogP contribution in [-0.4, -0.2) is 59.7 Å². The third-order valence-electron chi connectivity index (χ3n) is 9.21. The van der Waals surface area contributed by atoms with Crippen LogP contribution in [0.3, 0.4) is 0 Å². The van der Waals surface area contributed by atoms with Gasteiger partial charge in [0, 0.05) is 52.6 Å². The van der Waals surface area contributed by atoms with Crippen LogP contribution in [0.15, 0.2) is 117 Å². The van der Waals surface area contributed by atoms with Crippen molar-refractivity contribution in [1.29, 1.82) is 0 Å². The molecule has 0 saturated carbocycles. The second-order valence-corrected chi connectivity index (χ2v) is 19.4. The smallest absolute Gasteiger partial charge is 0.384 e. The predicted octanol–water partition coefficient (Wildman–Crippen LogP) is 9.01. The van der Waals surface area contributed by atoms with E-state index in [1.54, 1.807) is 19.1 Å². The molecule has 4 aromatic rings. The van der Waals surface area contributed by atoms with Crippen molar-refractivity contribution in [3.05, 3.63) is 119 Å². The molecule has 5 rings (SSSR count). The highest BCUT2D eigenvalue weighted by atomic mass is 35.5. The molecular weight excluding hydrogens is 805 g/mol. The Labute approximate surface area is 335 Å². The molecule has 1 aliphatic carbocycles. The number of rotatable bonds is 16. The van der Waals surface area contributed by atoms with Crippen molar-refractivity contribution >= 4 is 66.1 Å².